The van der Waals surface area contributed by atoms with Gasteiger partial charge < -0.3 is 21.9 Å². The Morgan fingerprint density at radius 3 is 1.43 bits per heavy atom. The molecule has 2 heterocycles. The molecule has 0 radical (unpaired) electrons. The molecule has 0 spiro atoms. The molecule has 328 valence electrons. The van der Waals surface area contributed by atoms with Gasteiger partial charge in [-0.05, 0) is 123 Å². The van der Waals surface area contributed by atoms with Gasteiger partial charge in [-0.1, -0.05) is 47.5 Å². The molecule has 0 aliphatic heterocycles. The van der Waals surface area contributed by atoms with Crippen molar-refractivity contribution < 1.29 is 67.2 Å². The van der Waals surface area contributed by atoms with E-state index >= 15 is 0 Å². The summed E-state index contributed by atoms with van der Waals surface area (Å²) in [6, 6.07) is 15.3. The number of ether oxygens (including phenoxy) is 1. The molecule has 4 aromatic rings. The maximum absolute atomic E-state index is 12.5. The molecule has 2 amide bonds. The number of aromatic nitrogens is 6. The number of methoxy groups -OCH3 is 1. The largest absolute Gasteiger partial charge is 1.00 e. The molecule has 16 nitrogen and oxygen atoms in total. The predicted octanol–water partition coefficient (Wildman–Crippen LogP) is 2.95. The fourth-order valence-corrected chi connectivity index (χ4v) is 9.72. The number of hydrogen-bond donors (Lipinski definition) is 3. The molecule has 61 heavy (non-hydrogen) atoms. The van der Waals surface area contributed by atoms with Crippen molar-refractivity contribution in [1.82, 2.24) is 40.6 Å². The zero-order valence-electron chi connectivity index (χ0n) is 36.4. The quantitative estimate of drug-likeness (QED) is 0.148. The predicted molar refractivity (Wildman–Crippen MR) is 224 cm³/mol. The van der Waals surface area contributed by atoms with E-state index in [0.717, 1.165) is 58.4 Å². The SMILES string of the molecule is CCC(NC(=O)c1ccc(Cl)cc1)C1[C@H]2CC(n3cc(CO)nn3)C[C@@H]12.CCC(NC(=O)c1ccc(Cl)cc1)C1[C@H]2CC(n3cc(COC)nn3)C[C@@H]12.COS(=O)(=O)OC.[H-].[Na+]. The fourth-order valence-electron chi connectivity index (χ4n) is 9.34. The van der Waals surface area contributed by atoms with Gasteiger partial charge >= 0.3 is 40.0 Å². The number of carbonyl (C=O) groups excluding carboxylic acids is 2. The van der Waals surface area contributed by atoms with Gasteiger partial charge in [-0.25, -0.2) is 9.36 Å². The Morgan fingerprint density at radius 2 is 1.11 bits per heavy atom. The number of halogens is 2. The van der Waals surface area contributed by atoms with E-state index < -0.39 is 10.4 Å². The van der Waals surface area contributed by atoms with Crippen molar-refractivity contribution in [2.24, 2.45) is 35.5 Å². The molecule has 4 fully saturated rings. The maximum Gasteiger partial charge on any atom is 1.00 e. The van der Waals surface area contributed by atoms with Crippen LogP contribution in [0.2, 0.25) is 10.0 Å². The van der Waals surface area contributed by atoms with Gasteiger partial charge in [-0.15, -0.1) is 10.2 Å². The summed E-state index contributed by atoms with van der Waals surface area (Å²) in [6.07, 6.45) is 10.1. The second-order valence-electron chi connectivity index (χ2n) is 15.8. The van der Waals surface area contributed by atoms with Crippen LogP contribution < -0.4 is 40.2 Å². The summed E-state index contributed by atoms with van der Waals surface area (Å²) in [5, 5.41) is 33.4. The summed E-state index contributed by atoms with van der Waals surface area (Å²) in [7, 11) is 0.0601. The van der Waals surface area contributed by atoms with Crippen molar-refractivity contribution in [2.45, 2.75) is 89.8 Å². The molecule has 6 unspecified atom stereocenters. The third-order valence-corrected chi connectivity index (χ3v) is 13.7. The third-order valence-electron chi connectivity index (χ3n) is 12.4. The van der Waals surface area contributed by atoms with E-state index in [2.05, 4.69) is 53.5 Å². The molecule has 0 bridgehead atoms. The average molecular weight is 914 g/mol. The van der Waals surface area contributed by atoms with E-state index in [9.17, 15) is 18.0 Å². The number of rotatable bonds is 15. The normalized spacial score (nSPS) is 25.2. The molecular formula is C41H55Cl2N8NaO8S. The molecule has 4 aliphatic carbocycles. The first-order valence-electron chi connectivity index (χ1n) is 20.2. The van der Waals surface area contributed by atoms with E-state index in [1.54, 1.807) is 55.6 Å². The number of amides is 2. The Bertz CT molecular complexity index is 2140. The molecule has 2 aromatic carbocycles. The van der Waals surface area contributed by atoms with Gasteiger partial charge in [-0.2, -0.15) is 8.42 Å². The monoisotopic (exact) mass is 912 g/mol. The number of aliphatic hydroxyl groups is 1. The van der Waals surface area contributed by atoms with Crippen LogP contribution in [0.5, 0.6) is 0 Å². The molecule has 20 heteroatoms. The fraction of sp³-hybridized carbons (Fsp3) is 0.561. The topological polar surface area (TPSA) is 202 Å². The maximum atomic E-state index is 12.5. The standard InChI is InChI=1S/C20H25ClN4O2.C19H23ClN4O2.C2H6O4S.Na.H/c1-3-18(22-20(26)12-4-6-13(21)7-5-12)19-16-8-15(9-17(16)19)25-10-14(11-27-2)23-24-25;1-2-17(21-19(26)11-3-5-12(20)6-4-11)18-15-7-14(8-16(15)18)24-9-13(10-25)22-23-24;1-5-7(3,4)6-2;;/h4-7,10,15-19H,3,8-9,11H2,1-2H3,(H,22,26);3-6,9,14-18,25H,2,7-8,10H2,1H3,(H,21,26);1-2H3;;/q;;;+1;-1/t15?,16-,17+,18?,19?;14?,15-,16+,17?,18?;;;. The zero-order chi connectivity index (χ0) is 43.1. The van der Waals surface area contributed by atoms with Crippen LogP contribution in [-0.4, -0.2) is 88.7 Å². The van der Waals surface area contributed by atoms with Gasteiger partial charge in [-0.3, -0.25) is 18.0 Å². The molecule has 10 atom stereocenters. The van der Waals surface area contributed by atoms with E-state index in [4.69, 9.17) is 33.0 Å². The Morgan fingerprint density at radius 1 is 0.738 bits per heavy atom. The first kappa shape index (κ1) is 49.1. The molecule has 2 aromatic heterocycles. The first-order chi connectivity index (χ1) is 28.8. The second-order valence-corrected chi connectivity index (χ2v) is 18.1. The van der Waals surface area contributed by atoms with Crippen LogP contribution in [0.15, 0.2) is 60.9 Å². The van der Waals surface area contributed by atoms with E-state index in [-0.39, 0.29) is 61.5 Å². The van der Waals surface area contributed by atoms with Gasteiger partial charge in [0.2, 0.25) is 0 Å². The van der Waals surface area contributed by atoms with Crippen molar-refractivity contribution in [3.05, 3.63) is 93.5 Å². The Hall–Kier alpha value is -2.97. The number of fused-ring (bicyclic) bond motifs is 2. The van der Waals surface area contributed by atoms with Crippen LogP contribution in [0.3, 0.4) is 0 Å². The van der Waals surface area contributed by atoms with Crippen LogP contribution >= 0.6 is 23.2 Å². The van der Waals surface area contributed by atoms with Crippen LogP contribution in [0.4, 0.5) is 0 Å². The average Bonchev–Trinajstić information content (AvgIpc) is 3.70. The Kier molecular flexibility index (Phi) is 17.8. The summed E-state index contributed by atoms with van der Waals surface area (Å²) < 4.78 is 36.5. The van der Waals surface area contributed by atoms with Crippen LogP contribution in [0, 0.1) is 35.5 Å². The van der Waals surface area contributed by atoms with Gasteiger partial charge in [0.25, 0.3) is 11.8 Å². The van der Waals surface area contributed by atoms with Crippen LogP contribution in [-0.2, 0) is 36.7 Å². The summed E-state index contributed by atoms with van der Waals surface area (Å²) >= 11 is 11.8. The third kappa shape index (κ3) is 12.4. The first-order valence-corrected chi connectivity index (χ1v) is 22.3. The summed E-state index contributed by atoms with van der Waals surface area (Å²) in [4.78, 5) is 25.0. The molecule has 8 rings (SSSR count). The van der Waals surface area contributed by atoms with Crippen molar-refractivity contribution >= 4 is 45.4 Å². The van der Waals surface area contributed by atoms with Gasteiger partial charge in [0.05, 0.1) is 51.9 Å². The zero-order valence-corrected chi connectivity index (χ0v) is 39.7. The van der Waals surface area contributed by atoms with Gasteiger partial charge in [0, 0.05) is 40.4 Å². The number of carbonyl (C=O) groups is 2. The molecule has 4 aliphatic rings. The molecule has 0 saturated heterocycles. The van der Waals surface area contributed by atoms with E-state index in [1.165, 1.54) is 0 Å². The number of benzene rings is 2. The Labute approximate surface area is 390 Å². The summed E-state index contributed by atoms with van der Waals surface area (Å²) in [5.74, 6) is 3.69. The van der Waals surface area contributed by atoms with Gasteiger partial charge in [0.15, 0.2) is 0 Å². The minimum Gasteiger partial charge on any atom is -1.00 e. The molecular weight excluding hydrogens is 858 g/mol. The van der Waals surface area contributed by atoms with Crippen molar-refractivity contribution in [2.75, 3.05) is 21.3 Å². The van der Waals surface area contributed by atoms with Crippen molar-refractivity contribution in [3.8, 4) is 0 Å². The minimum absolute atomic E-state index is 0. The molecule has 3 N–H and O–H groups in total. The number of nitrogens with one attached hydrogen (secondary N) is 2. The van der Waals surface area contributed by atoms with E-state index in [1.807, 2.05) is 21.8 Å². The summed E-state index contributed by atoms with van der Waals surface area (Å²) in [5.41, 5.74) is 2.80. The number of aliphatic hydroxyl groups excluding tert-OH is 1. The summed E-state index contributed by atoms with van der Waals surface area (Å²) in [6.45, 7) is 4.70. The minimum atomic E-state index is -3.66. The smallest absolute Gasteiger partial charge is 1.00 e. The molecule has 4 saturated carbocycles. The van der Waals surface area contributed by atoms with Gasteiger partial charge in [0.1, 0.15) is 11.4 Å². The van der Waals surface area contributed by atoms with Crippen LogP contribution in [0.25, 0.3) is 0 Å². The van der Waals surface area contributed by atoms with Crippen molar-refractivity contribution in [1.29, 1.82) is 0 Å². The number of nitrogens with zero attached hydrogens (tertiary/aromatic N) is 6. The number of hydrogen-bond acceptors (Lipinski definition) is 12. The van der Waals surface area contributed by atoms with E-state index in [0.29, 0.717) is 81.1 Å². The van der Waals surface area contributed by atoms with Crippen LogP contribution in [0.1, 0.15) is 98.0 Å². The second kappa shape index (κ2) is 22.1. The Balaban J connectivity index is 0.000000230. The van der Waals surface area contributed by atoms with Crippen molar-refractivity contribution in [3.63, 3.8) is 0 Å².